The quantitative estimate of drug-likeness (QED) is 0.805. The maximum absolute atomic E-state index is 4.40. The molecule has 23 heavy (non-hydrogen) atoms. The van der Waals surface area contributed by atoms with E-state index in [-0.39, 0.29) is 0 Å². The summed E-state index contributed by atoms with van der Waals surface area (Å²) in [5.41, 5.74) is 2.43. The minimum Gasteiger partial charge on any atom is -0.365 e. The second kappa shape index (κ2) is 6.38. The summed E-state index contributed by atoms with van der Waals surface area (Å²) < 4.78 is 1.86. The van der Waals surface area contributed by atoms with Crippen LogP contribution in [0.25, 0.3) is 5.52 Å². The first-order valence-electron chi connectivity index (χ1n) is 8.20. The number of rotatable bonds is 4. The Morgan fingerprint density at radius 1 is 1.04 bits per heavy atom. The van der Waals surface area contributed by atoms with Crippen molar-refractivity contribution in [2.45, 2.75) is 25.4 Å². The van der Waals surface area contributed by atoms with Gasteiger partial charge in [-0.3, -0.25) is 4.90 Å². The number of hydrogen-bond acceptors (Lipinski definition) is 4. The van der Waals surface area contributed by atoms with Crippen molar-refractivity contribution < 1.29 is 0 Å². The number of piperidine rings is 1. The highest BCUT2D eigenvalue weighted by atomic mass is 15.3. The Labute approximate surface area is 136 Å². The van der Waals surface area contributed by atoms with Crippen LogP contribution in [0.2, 0.25) is 0 Å². The van der Waals surface area contributed by atoms with Gasteiger partial charge < -0.3 is 5.32 Å². The van der Waals surface area contributed by atoms with Gasteiger partial charge in [-0.25, -0.2) is 9.50 Å². The highest BCUT2D eigenvalue weighted by Crippen LogP contribution is 2.19. The van der Waals surface area contributed by atoms with Gasteiger partial charge in [0, 0.05) is 31.9 Å². The molecule has 4 rings (SSSR count). The summed E-state index contributed by atoms with van der Waals surface area (Å²) >= 11 is 0. The monoisotopic (exact) mass is 307 g/mol. The van der Waals surface area contributed by atoms with Crippen LogP contribution in [-0.2, 0) is 6.54 Å². The van der Waals surface area contributed by atoms with Crippen molar-refractivity contribution in [3.8, 4) is 0 Å². The molecule has 0 radical (unpaired) electrons. The molecule has 0 bridgehead atoms. The molecule has 3 aromatic rings. The van der Waals surface area contributed by atoms with Crippen LogP contribution in [0.1, 0.15) is 18.4 Å². The highest BCUT2D eigenvalue weighted by molar-refractivity contribution is 5.67. The molecule has 1 aliphatic rings. The fraction of sp³-hybridized carbons (Fsp3) is 0.333. The molecule has 0 amide bonds. The van der Waals surface area contributed by atoms with E-state index in [1.807, 2.05) is 22.8 Å². The van der Waals surface area contributed by atoms with Crippen LogP contribution >= 0.6 is 0 Å². The maximum atomic E-state index is 4.40. The Bertz CT molecular complexity index is 759. The molecule has 1 aromatic carbocycles. The number of nitrogens with one attached hydrogen (secondary N) is 1. The minimum atomic E-state index is 0.482. The summed E-state index contributed by atoms with van der Waals surface area (Å²) in [5, 5.41) is 7.81. The Morgan fingerprint density at radius 2 is 1.87 bits per heavy atom. The van der Waals surface area contributed by atoms with Gasteiger partial charge in [0.05, 0.1) is 0 Å². The van der Waals surface area contributed by atoms with Gasteiger partial charge in [-0.15, -0.1) is 0 Å². The van der Waals surface area contributed by atoms with Gasteiger partial charge in [0.1, 0.15) is 11.8 Å². The lowest BCUT2D eigenvalue weighted by Gasteiger charge is -2.32. The third-order valence-corrected chi connectivity index (χ3v) is 4.51. The maximum Gasteiger partial charge on any atom is 0.154 e. The van der Waals surface area contributed by atoms with E-state index in [0.29, 0.717) is 6.04 Å². The van der Waals surface area contributed by atoms with Crippen molar-refractivity contribution in [2.24, 2.45) is 0 Å². The number of anilines is 1. The molecular formula is C18H21N5. The minimum absolute atomic E-state index is 0.482. The second-order valence-corrected chi connectivity index (χ2v) is 6.13. The molecule has 1 N–H and O–H groups in total. The van der Waals surface area contributed by atoms with Crippen LogP contribution in [0.3, 0.4) is 0 Å². The molecule has 1 aliphatic heterocycles. The van der Waals surface area contributed by atoms with Gasteiger partial charge in [0.15, 0.2) is 5.82 Å². The number of benzene rings is 1. The van der Waals surface area contributed by atoms with Crippen LogP contribution in [0.15, 0.2) is 55.0 Å². The standard InChI is InChI=1S/C18H21N5/c1-2-5-15(6-3-1)13-22-11-8-16(9-12-22)21-18-17-7-4-10-23(17)20-14-19-18/h1-7,10,14,16H,8-9,11-13H2,(H,19,20,21). The van der Waals surface area contributed by atoms with Crippen molar-refractivity contribution in [1.29, 1.82) is 0 Å². The molecule has 3 heterocycles. The molecular weight excluding hydrogens is 286 g/mol. The normalized spacial score (nSPS) is 16.7. The molecule has 0 unspecified atom stereocenters. The first kappa shape index (κ1) is 14.2. The lowest BCUT2D eigenvalue weighted by Crippen LogP contribution is -2.38. The van der Waals surface area contributed by atoms with Crippen molar-refractivity contribution >= 4 is 11.3 Å². The van der Waals surface area contributed by atoms with Crippen molar-refractivity contribution in [2.75, 3.05) is 18.4 Å². The average Bonchev–Trinajstić information content (AvgIpc) is 3.07. The summed E-state index contributed by atoms with van der Waals surface area (Å²) in [5.74, 6) is 0.937. The Balaban J connectivity index is 1.36. The summed E-state index contributed by atoms with van der Waals surface area (Å²) in [6.45, 7) is 3.29. The third kappa shape index (κ3) is 3.19. The second-order valence-electron chi connectivity index (χ2n) is 6.13. The summed E-state index contributed by atoms with van der Waals surface area (Å²) in [7, 11) is 0. The van der Waals surface area contributed by atoms with E-state index in [0.717, 1.165) is 43.8 Å². The first-order valence-corrected chi connectivity index (χ1v) is 8.20. The SMILES string of the molecule is c1ccc(CN2CCC(Nc3ncnn4cccc34)CC2)cc1. The van der Waals surface area contributed by atoms with E-state index in [1.165, 1.54) is 5.56 Å². The lowest BCUT2D eigenvalue weighted by atomic mass is 10.0. The first-order chi connectivity index (χ1) is 11.4. The zero-order valence-electron chi connectivity index (χ0n) is 13.1. The van der Waals surface area contributed by atoms with E-state index in [4.69, 9.17) is 0 Å². The van der Waals surface area contributed by atoms with Gasteiger partial charge in [-0.05, 0) is 30.5 Å². The molecule has 5 nitrogen and oxygen atoms in total. The largest absolute Gasteiger partial charge is 0.365 e. The van der Waals surface area contributed by atoms with Crippen molar-refractivity contribution in [1.82, 2.24) is 19.5 Å². The fourth-order valence-corrected chi connectivity index (χ4v) is 3.25. The fourth-order valence-electron chi connectivity index (χ4n) is 3.25. The van der Waals surface area contributed by atoms with E-state index in [9.17, 15) is 0 Å². The molecule has 0 atom stereocenters. The van der Waals surface area contributed by atoms with Crippen molar-refractivity contribution in [3.63, 3.8) is 0 Å². The van der Waals surface area contributed by atoms with Gasteiger partial charge in [-0.1, -0.05) is 30.3 Å². The van der Waals surface area contributed by atoms with Gasteiger partial charge >= 0.3 is 0 Å². The smallest absolute Gasteiger partial charge is 0.154 e. The zero-order chi connectivity index (χ0) is 15.5. The van der Waals surface area contributed by atoms with Crippen LogP contribution in [0.4, 0.5) is 5.82 Å². The van der Waals surface area contributed by atoms with Crippen LogP contribution < -0.4 is 5.32 Å². The van der Waals surface area contributed by atoms with Gasteiger partial charge in [0.25, 0.3) is 0 Å². The molecule has 2 aromatic heterocycles. The highest BCUT2D eigenvalue weighted by Gasteiger charge is 2.20. The molecule has 118 valence electrons. The Kier molecular flexibility index (Phi) is 3.94. The van der Waals surface area contributed by atoms with E-state index in [2.05, 4.69) is 50.6 Å². The lowest BCUT2D eigenvalue weighted by molar-refractivity contribution is 0.211. The van der Waals surface area contributed by atoms with E-state index in [1.54, 1.807) is 6.33 Å². The topological polar surface area (TPSA) is 45.5 Å². The summed E-state index contributed by atoms with van der Waals surface area (Å²) in [6, 6.07) is 15.2. The average molecular weight is 307 g/mol. The van der Waals surface area contributed by atoms with E-state index < -0.39 is 0 Å². The predicted octanol–water partition coefficient (Wildman–Crippen LogP) is 2.81. The number of nitrogens with zero attached hydrogens (tertiary/aromatic N) is 4. The Hall–Kier alpha value is -2.40. The number of hydrogen-bond donors (Lipinski definition) is 1. The molecule has 5 heteroatoms. The van der Waals surface area contributed by atoms with Gasteiger partial charge in [0.2, 0.25) is 0 Å². The van der Waals surface area contributed by atoms with Crippen LogP contribution in [0.5, 0.6) is 0 Å². The molecule has 1 saturated heterocycles. The summed E-state index contributed by atoms with van der Waals surface area (Å²) in [6.07, 6.45) is 5.85. The van der Waals surface area contributed by atoms with Crippen molar-refractivity contribution in [3.05, 3.63) is 60.6 Å². The molecule has 0 aliphatic carbocycles. The third-order valence-electron chi connectivity index (χ3n) is 4.51. The van der Waals surface area contributed by atoms with Gasteiger partial charge in [-0.2, -0.15) is 5.10 Å². The molecule has 0 spiro atoms. The van der Waals surface area contributed by atoms with Crippen LogP contribution in [-0.4, -0.2) is 38.6 Å². The number of likely N-dealkylation sites (tertiary alicyclic amines) is 1. The molecule has 0 saturated carbocycles. The predicted molar refractivity (Wildman–Crippen MR) is 91.4 cm³/mol. The summed E-state index contributed by atoms with van der Waals surface area (Å²) in [4.78, 5) is 6.93. The number of fused-ring (bicyclic) bond motifs is 1. The van der Waals surface area contributed by atoms with E-state index >= 15 is 0 Å². The van der Waals surface area contributed by atoms with Crippen LogP contribution in [0, 0.1) is 0 Å². The number of aromatic nitrogens is 3. The zero-order valence-corrected chi connectivity index (χ0v) is 13.1. The Morgan fingerprint density at radius 3 is 2.70 bits per heavy atom. The molecule has 1 fully saturated rings.